The van der Waals surface area contributed by atoms with Gasteiger partial charge in [0, 0.05) is 89.0 Å². The number of esters is 2. The number of primary amides is 1. The maximum atomic E-state index is 14.7. The summed E-state index contributed by atoms with van der Waals surface area (Å²) in [5.74, 6) is -4.43. The molecule has 1 aromatic heterocycles. The van der Waals surface area contributed by atoms with Gasteiger partial charge in [0.05, 0.1) is 74.7 Å². The van der Waals surface area contributed by atoms with Crippen LogP contribution < -0.4 is 31.3 Å². The first-order valence-corrected chi connectivity index (χ1v) is 31.1. The highest BCUT2D eigenvalue weighted by Crippen LogP contribution is 2.50. The topological polar surface area (TPSA) is 306 Å². The number of allylic oxidation sites excluding steroid dienone is 3. The van der Waals surface area contributed by atoms with Gasteiger partial charge in [0.2, 0.25) is 11.8 Å². The number of urea groups is 1. The van der Waals surface area contributed by atoms with Gasteiger partial charge in [-0.3, -0.25) is 33.8 Å². The van der Waals surface area contributed by atoms with Gasteiger partial charge in [0.25, 0.3) is 5.91 Å². The summed E-state index contributed by atoms with van der Waals surface area (Å²) in [6.07, 6.45) is 3.38. The molecule has 3 aromatic rings. The van der Waals surface area contributed by atoms with Crippen molar-refractivity contribution in [2.24, 2.45) is 23.5 Å². The summed E-state index contributed by atoms with van der Waals surface area (Å²) < 4.78 is 41.0. The van der Waals surface area contributed by atoms with E-state index in [0.717, 1.165) is 11.1 Å². The number of nitrogens with zero attached hydrogens (tertiary/aromatic N) is 3. The third-order valence-corrected chi connectivity index (χ3v) is 17.6. The maximum absolute atomic E-state index is 14.7. The van der Waals surface area contributed by atoms with Gasteiger partial charge >= 0.3 is 18.0 Å². The second-order valence-electron chi connectivity index (χ2n) is 24.0. The van der Waals surface area contributed by atoms with E-state index in [2.05, 4.69) is 20.9 Å². The van der Waals surface area contributed by atoms with E-state index in [1.807, 2.05) is 26.8 Å². The van der Waals surface area contributed by atoms with Crippen LogP contribution in [0.5, 0.6) is 5.75 Å². The van der Waals surface area contributed by atoms with Gasteiger partial charge in [-0.05, 0) is 88.3 Å². The van der Waals surface area contributed by atoms with E-state index in [9.17, 15) is 43.5 Å². The Morgan fingerprint density at radius 3 is 2.42 bits per heavy atom. The number of ketones is 2. The summed E-state index contributed by atoms with van der Waals surface area (Å²) in [6.45, 7) is 14.0. The Morgan fingerprint density at radius 2 is 1.74 bits per heavy atom. The molecule has 90 heavy (non-hydrogen) atoms. The quantitative estimate of drug-likeness (QED) is 0.0243. The molecule has 3 aliphatic rings. The lowest BCUT2D eigenvalue weighted by Gasteiger charge is -2.41. The van der Waals surface area contributed by atoms with Crippen molar-refractivity contribution in [2.75, 3.05) is 72.7 Å². The maximum Gasteiger partial charge on any atom is 0.328 e. The number of nitrogens with two attached hydrogens (primary N) is 1. The van der Waals surface area contributed by atoms with E-state index >= 15 is 0 Å². The molecule has 0 spiro atoms. The lowest BCUT2D eigenvalue weighted by molar-refractivity contribution is -0.187. The molecule has 23 nitrogen and oxygen atoms in total. The number of aliphatic hydroxyl groups is 1. The van der Waals surface area contributed by atoms with E-state index in [-0.39, 0.29) is 66.7 Å². The number of amides is 5. The Morgan fingerprint density at radius 1 is 1.02 bits per heavy atom. The van der Waals surface area contributed by atoms with Crippen LogP contribution in [-0.4, -0.2) is 183 Å². The lowest BCUT2D eigenvalue weighted by atomic mass is 9.78. The monoisotopic (exact) mass is 1290 g/mol. The molecule has 2 aromatic carbocycles. The number of pyridine rings is 1. The minimum absolute atomic E-state index is 0.0179. The molecule has 10 atom stereocenters. The van der Waals surface area contributed by atoms with E-state index in [1.54, 1.807) is 63.4 Å². The minimum Gasteiger partial charge on any atom is -0.495 e. The molecule has 25 heteroatoms. The molecule has 492 valence electrons. The minimum atomic E-state index is -1.67. The number of likely N-dealkylation sites (N-methyl/N-ethyl adjacent to an activating group) is 1. The molecule has 4 heterocycles. The van der Waals surface area contributed by atoms with Gasteiger partial charge in [-0.15, -0.1) is 0 Å². The average molecular weight is 1290 g/mol. The number of hydrogen-bond donors (Lipinski definition) is 5. The highest BCUT2D eigenvalue weighted by atomic mass is 35.5. The Kier molecular flexibility index (Phi) is 26.4. The zero-order valence-electron chi connectivity index (χ0n) is 53.4. The first kappa shape index (κ1) is 72.1. The number of carbonyl (C=O) groups excluding carboxylic acids is 8. The number of methoxy groups -OCH3 is 2. The summed E-state index contributed by atoms with van der Waals surface area (Å²) in [6, 6.07) is 6.96. The van der Waals surface area contributed by atoms with Crippen molar-refractivity contribution in [1.82, 2.24) is 25.8 Å². The number of epoxide rings is 1. The number of ether oxygens (including phenoxy) is 7. The summed E-state index contributed by atoms with van der Waals surface area (Å²) in [4.78, 5) is 116. The summed E-state index contributed by atoms with van der Waals surface area (Å²) >= 11 is 12.5. The smallest absolute Gasteiger partial charge is 0.328 e. The Labute approximate surface area is 536 Å². The highest BCUT2D eigenvalue weighted by molar-refractivity contribution is 7.80. The lowest BCUT2D eigenvalue weighted by Crippen LogP contribution is -2.53. The molecule has 6 N–H and O–H groups in total. The number of fused-ring (bicyclic) bond motifs is 6. The molecule has 2 fully saturated rings. The molecule has 0 aliphatic carbocycles. The first-order chi connectivity index (χ1) is 42.6. The third kappa shape index (κ3) is 19.1. The molecule has 0 unspecified atom stereocenters. The number of Topliss-reactive ketones (excluding diaryl/α,β-unsaturated/α-hetero) is 2. The van der Waals surface area contributed by atoms with Crippen LogP contribution in [-0.2, 0) is 70.0 Å². The van der Waals surface area contributed by atoms with Crippen molar-refractivity contribution in [3.63, 3.8) is 0 Å². The van der Waals surface area contributed by atoms with E-state index < -0.39 is 102 Å². The van der Waals surface area contributed by atoms with Crippen LogP contribution >= 0.6 is 23.8 Å². The van der Waals surface area contributed by atoms with Gasteiger partial charge in [-0.2, -0.15) is 0 Å². The van der Waals surface area contributed by atoms with Crippen molar-refractivity contribution < 1.29 is 76.6 Å². The van der Waals surface area contributed by atoms with E-state index in [1.165, 1.54) is 57.2 Å². The largest absolute Gasteiger partial charge is 0.495 e. The molecular weight excluding hydrogens is 1200 g/mol. The van der Waals surface area contributed by atoms with Gasteiger partial charge in [0.15, 0.2) is 5.78 Å². The van der Waals surface area contributed by atoms with Crippen LogP contribution in [0.1, 0.15) is 115 Å². The van der Waals surface area contributed by atoms with Gasteiger partial charge in [0.1, 0.15) is 52.1 Å². The second kappa shape index (κ2) is 32.9. The number of benzene rings is 2. The Hall–Kier alpha value is -6.93. The second-order valence-corrected chi connectivity index (χ2v) is 24.9. The highest BCUT2D eigenvalue weighted by Gasteiger charge is 2.64. The van der Waals surface area contributed by atoms with Gasteiger partial charge in [-0.25, -0.2) is 9.59 Å². The molecule has 3 aliphatic heterocycles. The number of hydrogen-bond acceptors (Lipinski definition) is 18. The van der Waals surface area contributed by atoms with Crippen molar-refractivity contribution >= 4 is 92.7 Å². The van der Waals surface area contributed by atoms with Gasteiger partial charge < -0.3 is 69.7 Å². The molecule has 0 saturated carbocycles. The fourth-order valence-corrected chi connectivity index (χ4v) is 11.9. The third-order valence-electron chi connectivity index (χ3n) is 16.9. The number of anilines is 1. The number of rotatable bonds is 27. The fourth-order valence-electron chi connectivity index (χ4n) is 11.3. The predicted octanol–water partition coefficient (Wildman–Crippen LogP) is 6.26. The summed E-state index contributed by atoms with van der Waals surface area (Å²) in [5.41, 5.74) is 5.21. The van der Waals surface area contributed by atoms with Crippen LogP contribution in [0.2, 0.25) is 5.02 Å². The SMILES string of the molecule is COc1cc2cc(c1Cl)N(C)C(=O)C[C@H](OC(=O)[C@H](C)N(C)C(=O)c1ccc(CC(=O)[C@H](CCCNC(N)=O)NC(=O)[C@@H](CC(=S)NCCOCCOCCC(C)=O)C(C)C)c3ncccc13)[C@]1(C)O[C@H]1[C@H](C)[C@@H]1C[C@@](O)(CC(=O)O1)[C@H](OC)/C=C/C=C(\C)C2. The number of aromatic nitrogens is 1. The van der Waals surface area contributed by atoms with Crippen LogP contribution in [0.25, 0.3) is 10.9 Å². The standard InChI is InChI=1S/C65H88ClN7O16S/c1-37(2)46(33-54(90)68-24-26-86-28-27-85-25-21-39(4)74)60(78)71-47(17-14-23-70-63(67)81)49(75)32-43-19-20-45(44-16-13-22-69-58(43)44)61(79)72(8)41(6)62(80)88-53-34-55(76)73(9)48-30-42(31-50(83-10)57(48)66)29-38(3)15-12-18-52(84-11)65(82)35-51(87-56(77)36-65)40(5)59-64(53,7)89-59/h12-13,15-16,18-20,22,30-31,37,40-41,46-47,51-53,59,82H,14,17,21,23-29,32-36H2,1-11H3,(H,68,90)(H,71,78)(H3,67,70,81)/b18-12+,38-15+/t40-,41+,46+,47+,51+,52-,53+,59+,64+,65-/m1/s1. The molecule has 2 saturated heterocycles. The number of carbonyl (C=O) groups is 8. The number of thiocarbonyl (C=S) groups is 1. The Balaban J connectivity index is 1.21. The zero-order chi connectivity index (χ0) is 66.2. The molecule has 5 amide bonds. The Bertz CT molecular complexity index is 3180. The molecular formula is C65H88ClN7O16S. The van der Waals surface area contributed by atoms with Crippen molar-refractivity contribution in [3.8, 4) is 5.75 Å². The summed E-state index contributed by atoms with van der Waals surface area (Å²) in [5, 5.41) is 21.2. The molecule has 4 bridgehead atoms. The summed E-state index contributed by atoms with van der Waals surface area (Å²) in [7, 11) is 5.89. The molecule has 0 radical (unpaired) electrons. The normalized spacial score (nSPS) is 23.8. The van der Waals surface area contributed by atoms with Gasteiger partial charge in [-0.1, -0.05) is 80.5 Å². The fraction of sp³-hybridized carbons (Fsp3) is 0.569. The molecule has 6 rings (SSSR count). The van der Waals surface area contributed by atoms with E-state index in [4.69, 9.17) is 62.7 Å². The van der Waals surface area contributed by atoms with Crippen LogP contribution in [0.3, 0.4) is 0 Å². The van der Waals surface area contributed by atoms with Crippen molar-refractivity contribution in [1.29, 1.82) is 0 Å². The predicted molar refractivity (Wildman–Crippen MR) is 341 cm³/mol. The van der Waals surface area contributed by atoms with Crippen molar-refractivity contribution in [2.45, 2.75) is 154 Å². The van der Waals surface area contributed by atoms with Crippen LogP contribution in [0, 0.1) is 17.8 Å². The first-order valence-electron chi connectivity index (χ1n) is 30.3. The van der Waals surface area contributed by atoms with Crippen LogP contribution in [0.15, 0.2) is 66.4 Å². The van der Waals surface area contributed by atoms with Crippen LogP contribution in [0.4, 0.5) is 10.5 Å². The zero-order valence-corrected chi connectivity index (χ0v) is 54.9. The van der Waals surface area contributed by atoms with Crippen molar-refractivity contribution in [3.05, 3.63) is 88.1 Å². The number of nitrogens with one attached hydrogen (secondary N) is 3. The number of halogens is 1. The van der Waals surface area contributed by atoms with E-state index in [0.29, 0.717) is 85.1 Å². The average Bonchev–Trinajstić information content (AvgIpc) is 1.57.